The number of anilines is 1. The Morgan fingerprint density at radius 3 is 1.87 bits per heavy atom. The highest BCUT2D eigenvalue weighted by molar-refractivity contribution is 6.22. The summed E-state index contributed by atoms with van der Waals surface area (Å²) in [6.45, 7) is 0.0838. The topological polar surface area (TPSA) is 97.6 Å². The molecule has 0 aliphatic carbocycles. The predicted molar refractivity (Wildman–Crippen MR) is 112 cm³/mol. The molecule has 2 bridgehead atoms. The molecule has 3 aliphatic heterocycles. The third-order valence-corrected chi connectivity index (χ3v) is 7.55. The standard InChI is InChI=1S/C22H12F15N5O3/c1-7-2-8(5-39-10(7)4-38)42-13(43)12-11-3-9(41(12)15(42)45)6-40(11)14(44)16(23,24)17(25,26)18(27,28)19(29,30)20(31,32)21(33,34)22(35,36)37/h2,5,9,11-12H,3,6H2,1H3/t9-,11-,12-/m0/s1. The number of nitrogens with zero attached hydrogens (tertiary/aromatic N) is 5. The van der Waals surface area contributed by atoms with Gasteiger partial charge in [-0.25, -0.2) is 14.7 Å². The number of imide groups is 1. The first kappa shape index (κ1) is 33.9. The van der Waals surface area contributed by atoms with E-state index in [0.717, 1.165) is 12.3 Å². The number of aromatic nitrogens is 1. The smallest absolute Gasteiger partial charge is 0.330 e. The fraction of sp³-hybridized carbons (Fsp3) is 0.591. The third-order valence-electron chi connectivity index (χ3n) is 7.55. The maximum atomic E-state index is 14.7. The van der Waals surface area contributed by atoms with E-state index in [1.54, 1.807) is 6.07 Å². The van der Waals surface area contributed by atoms with Crippen molar-refractivity contribution in [3.05, 3.63) is 23.5 Å². The molecule has 23 heteroatoms. The predicted octanol–water partition coefficient (Wildman–Crippen LogP) is 4.76. The molecular formula is C22H12F15N5O3. The second-order valence-corrected chi connectivity index (χ2v) is 10.1. The molecule has 3 fully saturated rings. The number of piperazine rings is 1. The number of urea groups is 1. The highest BCUT2D eigenvalue weighted by atomic mass is 19.4. The highest BCUT2D eigenvalue weighted by Crippen LogP contribution is 2.62. The average Bonchev–Trinajstić information content (AvgIpc) is 3.57. The summed E-state index contributed by atoms with van der Waals surface area (Å²) in [5.41, 5.74) is -0.329. The minimum atomic E-state index is -8.56. The summed E-state index contributed by atoms with van der Waals surface area (Å²) in [5.74, 6) is -53.7. The zero-order valence-corrected chi connectivity index (χ0v) is 21.4. The van der Waals surface area contributed by atoms with Crippen LogP contribution in [-0.2, 0) is 9.59 Å². The number of rotatable bonds is 7. The Balaban J connectivity index is 1.66. The van der Waals surface area contributed by atoms with Crippen LogP contribution < -0.4 is 4.90 Å². The number of halogens is 15. The average molecular weight is 679 g/mol. The van der Waals surface area contributed by atoms with Gasteiger partial charge in [-0.2, -0.15) is 71.1 Å². The summed E-state index contributed by atoms with van der Waals surface area (Å²) in [7, 11) is 0. The molecule has 0 unspecified atom stereocenters. The minimum Gasteiger partial charge on any atom is -0.330 e. The van der Waals surface area contributed by atoms with E-state index in [9.17, 15) is 80.2 Å². The Morgan fingerprint density at radius 2 is 1.38 bits per heavy atom. The van der Waals surface area contributed by atoms with Crippen molar-refractivity contribution >= 4 is 23.5 Å². The number of nitriles is 1. The Labute approximate surface area is 238 Å². The zero-order valence-electron chi connectivity index (χ0n) is 21.4. The number of pyridine rings is 1. The van der Waals surface area contributed by atoms with Crippen LogP contribution in [0.3, 0.4) is 0 Å². The molecule has 8 nitrogen and oxygen atoms in total. The molecule has 45 heavy (non-hydrogen) atoms. The van der Waals surface area contributed by atoms with Crippen LogP contribution in [0.4, 0.5) is 76.3 Å². The lowest BCUT2D eigenvalue weighted by atomic mass is 9.90. The van der Waals surface area contributed by atoms with Crippen molar-refractivity contribution in [3.63, 3.8) is 0 Å². The third kappa shape index (κ3) is 4.08. The van der Waals surface area contributed by atoms with Gasteiger partial charge >= 0.3 is 47.7 Å². The van der Waals surface area contributed by atoms with Gasteiger partial charge in [0.1, 0.15) is 17.8 Å². The summed E-state index contributed by atoms with van der Waals surface area (Å²) in [5, 5.41) is 8.97. The van der Waals surface area contributed by atoms with E-state index in [0.29, 0.717) is 9.80 Å². The van der Waals surface area contributed by atoms with Crippen molar-refractivity contribution in [2.75, 3.05) is 11.4 Å². The molecule has 0 radical (unpaired) electrons. The number of fused-ring (bicyclic) bond motifs is 5. The molecule has 3 aliphatic rings. The lowest BCUT2D eigenvalue weighted by Gasteiger charge is -2.42. The van der Waals surface area contributed by atoms with Gasteiger partial charge in [-0.15, -0.1) is 0 Å². The Morgan fingerprint density at radius 1 is 0.867 bits per heavy atom. The number of likely N-dealkylation sites (tertiary alicyclic amines) is 1. The summed E-state index contributed by atoms with van der Waals surface area (Å²) in [4.78, 5) is 42.8. The van der Waals surface area contributed by atoms with E-state index in [2.05, 4.69) is 4.98 Å². The number of carbonyl (C=O) groups excluding carboxylic acids is 3. The molecule has 4 rings (SSSR count). The molecule has 4 heterocycles. The maximum absolute atomic E-state index is 14.7. The van der Waals surface area contributed by atoms with Crippen molar-refractivity contribution in [3.8, 4) is 6.07 Å². The van der Waals surface area contributed by atoms with Crippen molar-refractivity contribution in [1.82, 2.24) is 14.8 Å². The molecule has 1 aromatic rings. The van der Waals surface area contributed by atoms with E-state index in [-0.39, 0.29) is 16.9 Å². The Kier molecular flexibility index (Phi) is 7.16. The largest absolute Gasteiger partial charge is 0.460 e. The monoisotopic (exact) mass is 679 g/mol. The van der Waals surface area contributed by atoms with E-state index in [4.69, 9.17) is 5.26 Å². The molecule has 3 saturated heterocycles. The van der Waals surface area contributed by atoms with Crippen LogP contribution in [0.15, 0.2) is 12.3 Å². The SMILES string of the molecule is Cc1cc(N2C(=O)[C@@H]3[C@@H]4C[C@@H](CN4C(=O)C(F)(F)C(F)(F)C(F)(F)C(F)(F)C(F)(F)C(F)(F)C(F)(F)F)N3C2=O)cnc1C#N. The first-order chi connectivity index (χ1) is 20.1. The molecule has 3 atom stereocenters. The van der Waals surface area contributed by atoms with E-state index in [1.165, 1.54) is 6.92 Å². The van der Waals surface area contributed by atoms with Gasteiger partial charge < -0.3 is 9.80 Å². The molecule has 0 spiro atoms. The molecule has 0 saturated carbocycles. The first-order valence-corrected chi connectivity index (χ1v) is 11.8. The fourth-order valence-corrected chi connectivity index (χ4v) is 5.21. The number of hydrogen-bond acceptors (Lipinski definition) is 5. The number of alkyl halides is 15. The van der Waals surface area contributed by atoms with Gasteiger partial charge in [0.15, 0.2) is 0 Å². The van der Waals surface area contributed by atoms with Crippen LogP contribution in [-0.4, -0.2) is 99.0 Å². The Bertz CT molecular complexity index is 1510. The second kappa shape index (κ2) is 9.51. The molecular weight excluding hydrogens is 667 g/mol. The summed E-state index contributed by atoms with van der Waals surface area (Å²) in [6, 6.07) is -3.89. The summed E-state index contributed by atoms with van der Waals surface area (Å²) < 4.78 is 204. The van der Waals surface area contributed by atoms with Crippen molar-refractivity contribution in [2.24, 2.45) is 0 Å². The summed E-state index contributed by atoms with van der Waals surface area (Å²) in [6.07, 6.45) is -7.57. The number of hydrogen-bond donors (Lipinski definition) is 0. The van der Waals surface area contributed by atoms with Gasteiger partial charge in [0, 0.05) is 6.54 Å². The van der Waals surface area contributed by atoms with Crippen LogP contribution in [0.2, 0.25) is 0 Å². The van der Waals surface area contributed by atoms with Crippen LogP contribution in [0, 0.1) is 18.3 Å². The molecule has 0 aromatic carbocycles. The van der Waals surface area contributed by atoms with Gasteiger partial charge in [0.2, 0.25) is 0 Å². The lowest BCUT2D eigenvalue weighted by Crippen LogP contribution is -2.74. The highest BCUT2D eigenvalue weighted by Gasteiger charge is 2.94. The molecule has 1 aromatic heterocycles. The zero-order chi connectivity index (χ0) is 34.7. The van der Waals surface area contributed by atoms with Crippen LogP contribution in [0.1, 0.15) is 17.7 Å². The van der Waals surface area contributed by atoms with Crippen LogP contribution >= 0.6 is 0 Å². The van der Waals surface area contributed by atoms with E-state index < -0.39 is 95.5 Å². The van der Waals surface area contributed by atoms with E-state index >= 15 is 0 Å². The van der Waals surface area contributed by atoms with Crippen LogP contribution in [0.25, 0.3) is 0 Å². The Hall–Kier alpha value is -4.00. The lowest BCUT2D eigenvalue weighted by molar-refractivity contribution is -0.450. The van der Waals surface area contributed by atoms with Gasteiger partial charge in [-0.1, -0.05) is 0 Å². The maximum Gasteiger partial charge on any atom is 0.460 e. The van der Waals surface area contributed by atoms with Crippen molar-refractivity contribution < 1.29 is 80.2 Å². The van der Waals surface area contributed by atoms with Crippen molar-refractivity contribution in [2.45, 2.75) is 73.2 Å². The molecule has 4 amide bonds. The summed E-state index contributed by atoms with van der Waals surface area (Å²) >= 11 is 0. The van der Waals surface area contributed by atoms with Gasteiger partial charge in [-0.05, 0) is 25.0 Å². The van der Waals surface area contributed by atoms with Gasteiger partial charge in [0.05, 0.1) is 24.0 Å². The first-order valence-electron chi connectivity index (χ1n) is 11.8. The van der Waals surface area contributed by atoms with Crippen LogP contribution in [0.5, 0.6) is 0 Å². The second-order valence-electron chi connectivity index (χ2n) is 10.1. The van der Waals surface area contributed by atoms with E-state index in [1.807, 2.05) is 0 Å². The molecule has 248 valence electrons. The van der Waals surface area contributed by atoms with Gasteiger partial charge in [0.25, 0.3) is 11.8 Å². The quantitative estimate of drug-likeness (QED) is 0.306. The number of amides is 4. The number of aryl methyl sites for hydroxylation is 1. The minimum absolute atomic E-state index is 0.126. The molecule has 0 N–H and O–H groups in total. The van der Waals surface area contributed by atoms with Crippen molar-refractivity contribution in [1.29, 1.82) is 5.26 Å². The number of carbonyl (C=O) groups is 3. The fourth-order valence-electron chi connectivity index (χ4n) is 5.21. The van der Waals surface area contributed by atoms with Gasteiger partial charge in [-0.3, -0.25) is 9.59 Å². The normalized spacial score (nSPS) is 23.2.